The first kappa shape index (κ1) is 9.71. The summed E-state index contributed by atoms with van der Waals surface area (Å²) >= 11 is 0. The highest BCUT2D eigenvalue weighted by molar-refractivity contribution is 4.54. The smallest absolute Gasteiger partial charge is 0.391 e. The number of ether oxygens (including phenoxy) is 1. The summed E-state index contributed by atoms with van der Waals surface area (Å²) in [6, 6.07) is 0. The van der Waals surface area contributed by atoms with Gasteiger partial charge in [-0.15, -0.1) is 0 Å². The minimum absolute atomic E-state index is 0.389. The Balaban J connectivity index is 3.21. The number of halogens is 3. The van der Waals surface area contributed by atoms with Gasteiger partial charge in [0.05, 0.1) is 12.7 Å². The van der Waals surface area contributed by atoms with Crippen LogP contribution in [0.3, 0.4) is 0 Å². The molecule has 0 spiro atoms. The molecule has 1 unspecified atom stereocenters. The molecule has 0 bridgehead atoms. The standard InChI is InChI=1S/C5H8F3O2/c1-4(9)2-10-3-5(6,7)8/h4,9H,1-3H2. The third-order valence-corrected chi connectivity index (χ3v) is 0.576. The van der Waals surface area contributed by atoms with Crippen molar-refractivity contribution in [2.24, 2.45) is 0 Å². The molecule has 0 aromatic heterocycles. The number of aliphatic hydroxyl groups excluding tert-OH is 1. The van der Waals surface area contributed by atoms with Crippen LogP contribution in [-0.2, 0) is 4.74 Å². The highest BCUT2D eigenvalue weighted by Crippen LogP contribution is 2.14. The Morgan fingerprint density at radius 3 is 2.30 bits per heavy atom. The maximum absolute atomic E-state index is 11.3. The van der Waals surface area contributed by atoms with E-state index in [4.69, 9.17) is 5.11 Å². The van der Waals surface area contributed by atoms with E-state index >= 15 is 0 Å². The fourth-order valence-electron chi connectivity index (χ4n) is 0.311. The van der Waals surface area contributed by atoms with Gasteiger partial charge in [-0.05, 0) is 6.92 Å². The van der Waals surface area contributed by atoms with Crippen molar-refractivity contribution in [3.63, 3.8) is 0 Å². The van der Waals surface area contributed by atoms with E-state index in [9.17, 15) is 13.2 Å². The first-order valence-corrected chi connectivity index (χ1v) is 2.57. The van der Waals surface area contributed by atoms with Gasteiger partial charge in [0, 0.05) is 0 Å². The molecule has 0 rings (SSSR count). The molecule has 0 aromatic carbocycles. The van der Waals surface area contributed by atoms with E-state index in [0.717, 1.165) is 0 Å². The van der Waals surface area contributed by atoms with Crippen molar-refractivity contribution in [2.45, 2.75) is 12.3 Å². The van der Waals surface area contributed by atoms with Crippen molar-refractivity contribution in [3.05, 3.63) is 6.92 Å². The largest absolute Gasteiger partial charge is 0.411 e. The van der Waals surface area contributed by atoms with Crippen LogP contribution >= 0.6 is 0 Å². The lowest BCUT2D eigenvalue weighted by molar-refractivity contribution is -0.177. The molecule has 0 aliphatic carbocycles. The summed E-state index contributed by atoms with van der Waals surface area (Å²) in [5.74, 6) is 0. The molecule has 0 saturated carbocycles. The Morgan fingerprint density at radius 1 is 1.50 bits per heavy atom. The quantitative estimate of drug-likeness (QED) is 0.655. The number of hydrogen-bond acceptors (Lipinski definition) is 2. The third-order valence-electron chi connectivity index (χ3n) is 0.576. The van der Waals surface area contributed by atoms with Crippen LogP contribution in [-0.4, -0.2) is 30.6 Å². The maximum Gasteiger partial charge on any atom is 0.411 e. The van der Waals surface area contributed by atoms with Gasteiger partial charge in [-0.3, -0.25) is 0 Å². The van der Waals surface area contributed by atoms with E-state index in [1.54, 1.807) is 0 Å². The van der Waals surface area contributed by atoms with E-state index in [1.807, 2.05) is 0 Å². The second-order valence-corrected chi connectivity index (χ2v) is 1.78. The zero-order chi connectivity index (χ0) is 8.20. The molecule has 5 heteroatoms. The minimum Gasteiger partial charge on any atom is -0.391 e. The molecule has 1 N–H and O–H groups in total. The Kier molecular flexibility index (Phi) is 3.67. The first-order valence-electron chi connectivity index (χ1n) is 2.57. The van der Waals surface area contributed by atoms with E-state index < -0.39 is 18.9 Å². The molecule has 1 radical (unpaired) electrons. The monoisotopic (exact) mass is 157 g/mol. The van der Waals surface area contributed by atoms with Gasteiger partial charge in [0.1, 0.15) is 6.61 Å². The molecular weight excluding hydrogens is 149 g/mol. The van der Waals surface area contributed by atoms with Crippen molar-refractivity contribution in [3.8, 4) is 0 Å². The van der Waals surface area contributed by atoms with Gasteiger partial charge in [0.25, 0.3) is 0 Å². The number of hydrogen-bond donors (Lipinski definition) is 1. The molecule has 0 amide bonds. The van der Waals surface area contributed by atoms with Crippen molar-refractivity contribution >= 4 is 0 Å². The van der Waals surface area contributed by atoms with E-state index in [2.05, 4.69) is 11.7 Å². The summed E-state index contributed by atoms with van der Waals surface area (Å²) < 4.78 is 37.9. The Bertz CT molecular complexity index is 89.4. The molecule has 2 nitrogen and oxygen atoms in total. The van der Waals surface area contributed by atoms with Gasteiger partial charge in [0.2, 0.25) is 0 Å². The first-order chi connectivity index (χ1) is 4.42. The highest BCUT2D eigenvalue weighted by Gasteiger charge is 2.27. The summed E-state index contributed by atoms with van der Waals surface area (Å²) in [6.07, 6.45) is -5.42. The molecule has 0 saturated heterocycles. The van der Waals surface area contributed by atoms with Crippen molar-refractivity contribution in [2.75, 3.05) is 13.2 Å². The molecule has 1 atom stereocenters. The predicted molar refractivity (Wildman–Crippen MR) is 28.2 cm³/mol. The van der Waals surface area contributed by atoms with E-state index in [-0.39, 0.29) is 6.61 Å². The summed E-state index contributed by atoms with van der Waals surface area (Å²) in [5.41, 5.74) is 0. The third kappa shape index (κ3) is 7.71. The molecule has 0 heterocycles. The van der Waals surface area contributed by atoms with Crippen molar-refractivity contribution in [1.82, 2.24) is 0 Å². The van der Waals surface area contributed by atoms with E-state index in [1.165, 1.54) is 0 Å². The highest BCUT2D eigenvalue weighted by atomic mass is 19.4. The Labute approximate surface area is 56.6 Å². The summed E-state index contributed by atoms with van der Waals surface area (Å²) in [5, 5.41) is 8.35. The normalized spacial score (nSPS) is 15.3. The Hall–Kier alpha value is -0.290. The van der Waals surface area contributed by atoms with Crippen LogP contribution in [0.4, 0.5) is 13.2 Å². The van der Waals surface area contributed by atoms with E-state index in [0.29, 0.717) is 0 Å². The molecule has 0 fully saturated rings. The van der Waals surface area contributed by atoms with Crippen LogP contribution in [0.1, 0.15) is 0 Å². The van der Waals surface area contributed by atoms with Crippen LogP contribution in [0.2, 0.25) is 0 Å². The van der Waals surface area contributed by atoms with Crippen molar-refractivity contribution in [1.29, 1.82) is 0 Å². The molecule has 0 aliphatic heterocycles. The van der Waals surface area contributed by atoms with Gasteiger partial charge in [-0.1, -0.05) is 0 Å². The lowest BCUT2D eigenvalue weighted by atomic mass is 10.4. The average Bonchev–Trinajstić information content (AvgIpc) is 1.59. The molecule has 10 heavy (non-hydrogen) atoms. The van der Waals surface area contributed by atoms with Gasteiger partial charge in [-0.2, -0.15) is 13.2 Å². The summed E-state index contributed by atoms with van der Waals surface area (Å²) in [7, 11) is 0. The van der Waals surface area contributed by atoms with Gasteiger partial charge >= 0.3 is 6.18 Å². The molecule has 61 valence electrons. The average molecular weight is 157 g/mol. The lowest BCUT2D eigenvalue weighted by Gasteiger charge is -2.08. The number of alkyl halides is 3. The van der Waals surface area contributed by atoms with Gasteiger partial charge < -0.3 is 9.84 Å². The molecule has 0 aliphatic rings. The van der Waals surface area contributed by atoms with Crippen LogP contribution < -0.4 is 0 Å². The number of aliphatic hydroxyl groups is 1. The fourth-order valence-corrected chi connectivity index (χ4v) is 0.311. The van der Waals surface area contributed by atoms with Gasteiger partial charge in [-0.25, -0.2) is 0 Å². The van der Waals surface area contributed by atoms with Crippen LogP contribution in [0.5, 0.6) is 0 Å². The summed E-state index contributed by atoms with van der Waals surface area (Å²) in [6.45, 7) is 1.30. The molecule has 0 aromatic rings. The fraction of sp³-hybridized carbons (Fsp3) is 0.800. The maximum atomic E-state index is 11.3. The van der Waals surface area contributed by atoms with Crippen LogP contribution in [0.25, 0.3) is 0 Å². The topological polar surface area (TPSA) is 29.5 Å². The van der Waals surface area contributed by atoms with Crippen molar-refractivity contribution < 1.29 is 23.0 Å². The SMILES string of the molecule is [CH2]C(O)COCC(F)(F)F. The van der Waals surface area contributed by atoms with Crippen LogP contribution in [0.15, 0.2) is 0 Å². The van der Waals surface area contributed by atoms with Crippen LogP contribution in [0, 0.1) is 6.92 Å². The second-order valence-electron chi connectivity index (χ2n) is 1.78. The van der Waals surface area contributed by atoms with Gasteiger partial charge in [0.15, 0.2) is 0 Å². The zero-order valence-electron chi connectivity index (χ0n) is 5.19. The number of rotatable bonds is 3. The zero-order valence-corrected chi connectivity index (χ0v) is 5.19. The minimum atomic E-state index is -4.32. The second kappa shape index (κ2) is 3.78. The predicted octanol–water partition coefficient (Wildman–Crippen LogP) is 0.760. The summed E-state index contributed by atoms with van der Waals surface area (Å²) in [4.78, 5) is 0. The molecular formula is C5H8F3O2. The lowest BCUT2D eigenvalue weighted by Crippen LogP contribution is -2.21. The Morgan fingerprint density at radius 2 is 2.00 bits per heavy atom.